The summed E-state index contributed by atoms with van der Waals surface area (Å²) in [7, 11) is 0. The molecular formula is C22H23F3N4O3. The van der Waals surface area contributed by atoms with Crippen LogP contribution >= 0.6 is 0 Å². The number of aromatic nitrogens is 4. The van der Waals surface area contributed by atoms with Gasteiger partial charge in [-0.15, -0.1) is 5.10 Å². The van der Waals surface area contributed by atoms with Gasteiger partial charge >= 0.3 is 12.1 Å². The first-order chi connectivity index (χ1) is 14.9. The molecule has 10 heteroatoms. The van der Waals surface area contributed by atoms with Crippen LogP contribution in [0.1, 0.15) is 57.6 Å². The summed E-state index contributed by atoms with van der Waals surface area (Å²) in [5, 5.41) is 3.49. The first kappa shape index (κ1) is 23.4. The van der Waals surface area contributed by atoms with E-state index in [-0.39, 0.29) is 24.4 Å². The predicted octanol–water partition coefficient (Wildman–Crippen LogP) is 4.12. The van der Waals surface area contributed by atoms with Gasteiger partial charge in [0.05, 0.1) is 0 Å². The summed E-state index contributed by atoms with van der Waals surface area (Å²) >= 11 is 0. The van der Waals surface area contributed by atoms with Crippen LogP contribution in [0.2, 0.25) is 0 Å². The molecule has 0 saturated carbocycles. The Kier molecular flexibility index (Phi) is 6.34. The second-order valence-corrected chi connectivity index (χ2v) is 7.70. The fraction of sp³-hybridized carbons (Fsp3) is 0.409. The number of fused-ring (bicyclic) bond motifs is 1. The third kappa shape index (κ3) is 4.79. The molecule has 2 aromatic heterocycles. The normalized spacial score (nSPS) is 12.8. The molecule has 0 N–H and O–H groups in total. The van der Waals surface area contributed by atoms with Crippen molar-refractivity contribution in [2.24, 2.45) is 0 Å². The Morgan fingerprint density at radius 1 is 1.09 bits per heavy atom. The maximum atomic E-state index is 12.9. The Morgan fingerprint density at radius 2 is 1.78 bits per heavy atom. The van der Waals surface area contributed by atoms with E-state index >= 15 is 0 Å². The SMILES string of the molecule is Cc1ccc(C(=O)C(C)OC(=O)CCc2c(C)nc3nc(C(F)(F)F)nn3c2C)cc1C. The van der Waals surface area contributed by atoms with Crippen LogP contribution < -0.4 is 0 Å². The standard InChI is InChI=1S/C22H23F3N4O3/c1-11-6-7-16(10-12(11)2)19(31)15(5)32-18(30)9-8-17-13(3)26-21-27-20(22(23,24)25)28-29(21)14(17)4/h6-7,10,15H,8-9H2,1-5H3. The molecule has 0 aliphatic heterocycles. The zero-order valence-corrected chi connectivity index (χ0v) is 18.4. The molecule has 0 fully saturated rings. The van der Waals surface area contributed by atoms with Gasteiger partial charge in [0.2, 0.25) is 5.78 Å². The monoisotopic (exact) mass is 448 g/mol. The number of hydrogen-bond donors (Lipinski definition) is 0. The molecule has 0 amide bonds. The number of carbonyl (C=O) groups is 2. The molecule has 0 bridgehead atoms. The lowest BCUT2D eigenvalue weighted by Crippen LogP contribution is -2.25. The van der Waals surface area contributed by atoms with Crippen LogP contribution in [-0.2, 0) is 22.1 Å². The van der Waals surface area contributed by atoms with Crippen molar-refractivity contribution < 1.29 is 27.5 Å². The topological polar surface area (TPSA) is 86.5 Å². The minimum atomic E-state index is -4.68. The summed E-state index contributed by atoms with van der Waals surface area (Å²) in [6.07, 6.45) is -5.54. The van der Waals surface area contributed by atoms with Gasteiger partial charge in [0, 0.05) is 23.4 Å². The van der Waals surface area contributed by atoms with E-state index < -0.39 is 24.1 Å². The highest BCUT2D eigenvalue weighted by Crippen LogP contribution is 2.27. The fourth-order valence-corrected chi connectivity index (χ4v) is 3.36. The minimum absolute atomic E-state index is 0.0692. The number of esters is 1. The van der Waals surface area contributed by atoms with Gasteiger partial charge in [-0.3, -0.25) is 9.59 Å². The molecule has 170 valence electrons. The van der Waals surface area contributed by atoms with E-state index in [9.17, 15) is 22.8 Å². The van der Waals surface area contributed by atoms with Crippen molar-refractivity contribution in [3.05, 3.63) is 57.7 Å². The van der Waals surface area contributed by atoms with Crippen molar-refractivity contribution >= 4 is 17.5 Å². The second-order valence-electron chi connectivity index (χ2n) is 7.70. The van der Waals surface area contributed by atoms with Crippen molar-refractivity contribution in [2.75, 3.05) is 0 Å². The summed E-state index contributed by atoms with van der Waals surface area (Å²) in [6.45, 7) is 8.55. The van der Waals surface area contributed by atoms with Gasteiger partial charge in [-0.25, -0.2) is 9.50 Å². The van der Waals surface area contributed by atoms with Crippen molar-refractivity contribution in [2.45, 2.75) is 59.7 Å². The average Bonchev–Trinajstić information content (AvgIpc) is 3.14. The van der Waals surface area contributed by atoms with E-state index in [1.165, 1.54) is 6.92 Å². The van der Waals surface area contributed by atoms with Crippen LogP contribution in [0.15, 0.2) is 18.2 Å². The summed E-state index contributed by atoms with van der Waals surface area (Å²) in [5.41, 5.74) is 3.90. The Morgan fingerprint density at radius 3 is 2.41 bits per heavy atom. The Bertz CT molecular complexity index is 1200. The van der Waals surface area contributed by atoms with Crippen molar-refractivity contribution in [1.82, 2.24) is 19.6 Å². The highest BCUT2D eigenvalue weighted by molar-refractivity contribution is 6.00. The van der Waals surface area contributed by atoms with Crippen molar-refractivity contribution in [1.29, 1.82) is 0 Å². The van der Waals surface area contributed by atoms with E-state index in [0.29, 0.717) is 22.5 Å². The van der Waals surface area contributed by atoms with Gasteiger partial charge in [-0.1, -0.05) is 12.1 Å². The number of nitrogens with zero attached hydrogens (tertiary/aromatic N) is 4. The molecule has 1 aromatic carbocycles. The molecular weight excluding hydrogens is 425 g/mol. The highest BCUT2D eigenvalue weighted by Gasteiger charge is 2.37. The number of hydrogen-bond acceptors (Lipinski definition) is 6. The van der Waals surface area contributed by atoms with Crippen LogP contribution in [0.25, 0.3) is 5.78 Å². The Balaban J connectivity index is 1.70. The van der Waals surface area contributed by atoms with Crippen LogP contribution in [-0.4, -0.2) is 37.4 Å². The summed E-state index contributed by atoms with van der Waals surface area (Å²) < 4.78 is 45.0. The number of halogens is 3. The maximum absolute atomic E-state index is 12.9. The highest BCUT2D eigenvalue weighted by atomic mass is 19.4. The number of rotatable bonds is 6. The molecule has 32 heavy (non-hydrogen) atoms. The lowest BCUT2D eigenvalue weighted by atomic mass is 10.0. The van der Waals surface area contributed by atoms with Gasteiger partial charge in [0.1, 0.15) is 0 Å². The van der Waals surface area contributed by atoms with Gasteiger partial charge in [0.15, 0.2) is 6.10 Å². The molecule has 1 atom stereocenters. The Labute approximate surface area is 182 Å². The lowest BCUT2D eigenvalue weighted by Gasteiger charge is -2.14. The van der Waals surface area contributed by atoms with Crippen LogP contribution in [0.3, 0.4) is 0 Å². The van der Waals surface area contributed by atoms with E-state index in [1.54, 1.807) is 26.0 Å². The number of ether oxygens (including phenoxy) is 1. The van der Waals surface area contributed by atoms with E-state index in [4.69, 9.17) is 4.74 Å². The largest absolute Gasteiger partial charge is 0.454 e. The molecule has 1 unspecified atom stereocenters. The zero-order chi connectivity index (χ0) is 23.8. The quantitative estimate of drug-likeness (QED) is 0.416. The number of alkyl halides is 3. The van der Waals surface area contributed by atoms with Crippen LogP contribution in [0.5, 0.6) is 0 Å². The van der Waals surface area contributed by atoms with Gasteiger partial charge in [0.25, 0.3) is 11.6 Å². The number of aryl methyl sites for hydroxylation is 4. The van der Waals surface area contributed by atoms with Crippen molar-refractivity contribution in [3.63, 3.8) is 0 Å². The predicted molar refractivity (Wildman–Crippen MR) is 109 cm³/mol. The first-order valence-electron chi connectivity index (χ1n) is 9.99. The van der Waals surface area contributed by atoms with Crippen molar-refractivity contribution in [3.8, 4) is 0 Å². The first-order valence-corrected chi connectivity index (χ1v) is 9.99. The van der Waals surface area contributed by atoms with Gasteiger partial charge in [-0.2, -0.15) is 18.2 Å². The average molecular weight is 448 g/mol. The molecule has 0 aliphatic rings. The fourth-order valence-electron chi connectivity index (χ4n) is 3.36. The maximum Gasteiger partial charge on any atom is 0.453 e. The smallest absolute Gasteiger partial charge is 0.453 e. The molecule has 3 aromatic rings. The van der Waals surface area contributed by atoms with Gasteiger partial charge < -0.3 is 4.74 Å². The third-order valence-electron chi connectivity index (χ3n) is 5.35. The molecule has 0 aliphatic carbocycles. The Hall–Kier alpha value is -3.30. The van der Waals surface area contributed by atoms with E-state index in [2.05, 4.69) is 15.1 Å². The lowest BCUT2D eigenvalue weighted by molar-refractivity contribution is -0.146. The molecule has 0 spiro atoms. The number of carbonyl (C=O) groups excluding carboxylic acids is 2. The van der Waals surface area contributed by atoms with E-state index in [1.807, 2.05) is 19.9 Å². The molecule has 0 radical (unpaired) electrons. The summed E-state index contributed by atoms with van der Waals surface area (Å²) in [4.78, 5) is 32.4. The number of benzene rings is 1. The number of ketones is 1. The van der Waals surface area contributed by atoms with Gasteiger partial charge in [-0.05, 0) is 63.8 Å². The zero-order valence-electron chi connectivity index (χ0n) is 18.4. The van der Waals surface area contributed by atoms with E-state index in [0.717, 1.165) is 15.6 Å². The molecule has 0 saturated heterocycles. The summed E-state index contributed by atoms with van der Waals surface area (Å²) in [6, 6.07) is 5.28. The van der Waals surface area contributed by atoms with Crippen LogP contribution in [0, 0.1) is 27.7 Å². The summed E-state index contributed by atoms with van der Waals surface area (Å²) in [5.74, 6) is -2.34. The molecule has 7 nitrogen and oxygen atoms in total. The number of Topliss-reactive ketones (excluding diaryl/α,β-unsaturated/α-hetero) is 1. The molecule has 3 rings (SSSR count). The second kappa shape index (κ2) is 8.68. The molecule has 2 heterocycles. The third-order valence-corrected chi connectivity index (χ3v) is 5.35. The minimum Gasteiger partial charge on any atom is -0.454 e. The van der Waals surface area contributed by atoms with Crippen LogP contribution in [0.4, 0.5) is 13.2 Å².